The highest BCUT2D eigenvalue weighted by atomic mass is 35.5. The van der Waals surface area contributed by atoms with Crippen LogP contribution in [0.15, 0.2) is 70.6 Å². The Bertz CT molecular complexity index is 640. The maximum absolute atomic E-state index is 5.82. The maximum atomic E-state index is 5.82. The summed E-state index contributed by atoms with van der Waals surface area (Å²) in [4.78, 5) is 8.82. The van der Waals surface area contributed by atoms with Crippen molar-refractivity contribution in [2.75, 3.05) is 5.32 Å². The molecule has 1 atom stereocenters. The predicted octanol–water partition coefficient (Wildman–Crippen LogP) is 2.49. The Morgan fingerprint density at radius 3 is 2.19 bits per heavy atom. The van der Waals surface area contributed by atoms with Gasteiger partial charge in [0.2, 0.25) is 5.96 Å². The number of guanidine groups is 2. The zero-order valence-electron chi connectivity index (χ0n) is 11.2. The largest absolute Gasteiger partial charge is 0.370 e. The molecular formula is C15H16ClN5. The maximum Gasteiger partial charge on any atom is 0.205 e. The lowest BCUT2D eigenvalue weighted by Crippen LogP contribution is -2.43. The molecule has 0 bridgehead atoms. The van der Waals surface area contributed by atoms with Gasteiger partial charge >= 0.3 is 0 Å². The van der Waals surface area contributed by atoms with Crippen LogP contribution in [0.25, 0.3) is 0 Å². The summed E-state index contributed by atoms with van der Waals surface area (Å²) >= 11 is 0. The first kappa shape index (κ1) is 14.9. The van der Waals surface area contributed by atoms with Crippen molar-refractivity contribution >= 4 is 30.0 Å². The van der Waals surface area contributed by atoms with Crippen LogP contribution in [0.1, 0.15) is 11.7 Å². The van der Waals surface area contributed by atoms with Crippen molar-refractivity contribution in [2.24, 2.45) is 15.7 Å². The summed E-state index contributed by atoms with van der Waals surface area (Å²) in [6, 6.07) is 19.6. The first-order chi connectivity index (χ1) is 9.81. The van der Waals surface area contributed by atoms with Gasteiger partial charge in [-0.3, -0.25) is 5.32 Å². The Morgan fingerprint density at radius 1 is 0.905 bits per heavy atom. The minimum atomic E-state index is -0.316. The zero-order chi connectivity index (χ0) is 13.8. The molecule has 21 heavy (non-hydrogen) atoms. The Balaban J connectivity index is 0.00000161. The van der Waals surface area contributed by atoms with E-state index >= 15 is 0 Å². The molecule has 0 fully saturated rings. The zero-order valence-corrected chi connectivity index (χ0v) is 12.0. The SMILES string of the molecule is Cl.NC1=NC(c2ccccc2)N=C(Nc2ccccc2)N1. The van der Waals surface area contributed by atoms with Gasteiger partial charge in [0.05, 0.1) is 0 Å². The topological polar surface area (TPSA) is 74.8 Å². The molecule has 0 aliphatic carbocycles. The highest BCUT2D eigenvalue weighted by molar-refractivity contribution is 6.05. The minimum absolute atomic E-state index is 0. The predicted molar refractivity (Wildman–Crippen MR) is 88.7 cm³/mol. The highest BCUT2D eigenvalue weighted by Gasteiger charge is 2.16. The third kappa shape index (κ3) is 3.73. The normalized spacial score (nSPS) is 16.9. The van der Waals surface area contributed by atoms with Crippen LogP contribution in [-0.4, -0.2) is 11.9 Å². The lowest BCUT2D eigenvalue weighted by molar-refractivity contribution is 0.751. The monoisotopic (exact) mass is 301 g/mol. The second kappa shape index (κ2) is 6.76. The van der Waals surface area contributed by atoms with Gasteiger partial charge in [-0.05, 0) is 17.7 Å². The fourth-order valence-corrected chi connectivity index (χ4v) is 1.96. The summed E-state index contributed by atoms with van der Waals surface area (Å²) in [6.45, 7) is 0. The van der Waals surface area contributed by atoms with Crippen LogP contribution in [0.4, 0.5) is 5.69 Å². The molecule has 5 nitrogen and oxygen atoms in total. The number of halogens is 1. The van der Waals surface area contributed by atoms with Gasteiger partial charge in [-0.2, -0.15) is 0 Å². The van der Waals surface area contributed by atoms with Crippen molar-refractivity contribution in [1.29, 1.82) is 0 Å². The number of nitrogens with zero attached hydrogens (tertiary/aromatic N) is 2. The smallest absolute Gasteiger partial charge is 0.205 e. The van der Waals surface area contributed by atoms with E-state index in [2.05, 4.69) is 20.6 Å². The van der Waals surface area contributed by atoms with Crippen LogP contribution in [0.2, 0.25) is 0 Å². The molecule has 108 valence electrons. The number of hydrogen-bond donors (Lipinski definition) is 3. The third-order valence-electron chi connectivity index (χ3n) is 2.89. The van der Waals surface area contributed by atoms with Crippen LogP contribution in [0.3, 0.4) is 0 Å². The molecule has 0 amide bonds. The molecular weight excluding hydrogens is 286 g/mol. The molecule has 1 aliphatic heterocycles. The number of para-hydroxylation sites is 1. The molecule has 6 heteroatoms. The quantitative estimate of drug-likeness (QED) is 0.798. The fraction of sp³-hybridized carbons (Fsp3) is 0.0667. The fourth-order valence-electron chi connectivity index (χ4n) is 1.96. The van der Waals surface area contributed by atoms with E-state index in [0.717, 1.165) is 11.3 Å². The number of aliphatic imine (C=N–C) groups is 2. The van der Waals surface area contributed by atoms with Gasteiger partial charge in [-0.15, -0.1) is 12.4 Å². The van der Waals surface area contributed by atoms with Crippen LogP contribution in [0, 0.1) is 0 Å². The number of benzene rings is 2. The standard InChI is InChI=1S/C15H15N5.ClH/c16-14-18-13(11-7-3-1-4-8-11)19-15(20-14)17-12-9-5-2-6-10-12;/h1-10,13H,(H4,16,17,18,19,20);1H. The average molecular weight is 302 g/mol. The third-order valence-corrected chi connectivity index (χ3v) is 2.89. The van der Waals surface area contributed by atoms with Crippen molar-refractivity contribution in [3.8, 4) is 0 Å². The van der Waals surface area contributed by atoms with Crippen molar-refractivity contribution in [3.63, 3.8) is 0 Å². The van der Waals surface area contributed by atoms with E-state index in [1.165, 1.54) is 0 Å². The summed E-state index contributed by atoms with van der Waals surface area (Å²) < 4.78 is 0. The van der Waals surface area contributed by atoms with Crippen LogP contribution in [-0.2, 0) is 0 Å². The lowest BCUT2D eigenvalue weighted by Gasteiger charge is -2.20. The van der Waals surface area contributed by atoms with Crippen LogP contribution >= 0.6 is 12.4 Å². The molecule has 1 heterocycles. The molecule has 2 aromatic rings. The number of nitrogens with two attached hydrogens (primary N) is 1. The Morgan fingerprint density at radius 2 is 1.52 bits per heavy atom. The van der Waals surface area contributed by atoms with E-state index in [1.807, 2.05) is 60.7 Å². The Kier molecular flexibility index (Phi) is 4.79. The number of rotatable bonds is 2. The van der Waals surface area contributed by atoms with Gasteiger partial charge in [0.15, 0.2) is 12.1 Å². The van der Waals surface area contributed by atoms with Gasteiger partial charge in [0, 0.05) is 5.69 Å². The minimum Gasteiger partial charge on any atom is -0.370 e. The number of anilines is 1. The van der Waals surface area contributed by atoms with Gasteiger partial charge in [0.1, 0.15) is 0 Å². The lowest BCUT2D eigenvalue weighted by atomic mass is 10.2. The van der Waals surface area contributed by atoms with Crippen molar-refractivity contribution < 1.29 is 0 Å². The molecule has 0 radical (unpaired) electrons. The van der Waals surface area contributed by atoms with E-state index in [0.29, 0.717) is 11.9 Å². The van der Waals surface area contributed by atoms with E-state index in [9.17, 15) is 0 Å². The summed E-state index contributed by atoms with van der Waals surface area (Å²) in [5.74, 6) is 0.949. The van der Waals surface area contributed by atoms with Crippen molar-refractivity contribution in [2.45, 2.75) is 6.17 Å². The molecule has 0 saturated carbocycles. The first-order valence-electron chi connectivity index (χ1n) is 6.36. The second-order valence-corrected chi connectivity index (χ2v) is 4.39. The number of hydrogen-bond acceptors (Lipinski definition) is 5. The van der Waals surface area contributed by atoms with E-state index in [4.69, 9.17) is 5.73 Å². The molecule has 0 spiro atoms. The van der Waals surface area contributed by atoms with Gasteiger partial charge in [-0.1, -0.05) is 48.5 Å². The van der Waals surface area contributed by atoms with Crippen molar-refractivity contribution in [1.82, 2.24) is 5.32 Å². The Hall–Kier alpha value is -2.53. The van der Waals surface area contributed by atoms with Crippen LogP contribution < -0.4 is 16.4 Å². The van der Waals surface area contributed by atoms with E-state index in [1.54, 1.807) is 0 Å². The summed E-state index contributed by atoms with van der Waals surface area (Å²) in [6.07, 6.45) is -0.316. The first-order valence-corrected chi connectivity index (χ1v) is 6.36. The highest BCUT2D eigenvalue weighted by Crippen LogP contribution is 2.20. The van der Waals surface area contributed by atoms with Gasteiger partial charge in [-0.25, -0.2) is 9.98 Å². The molecule has 3 rings (SSSR count). The molecule has 1 unspecified atom stereocenters. The summed E-state index contributed by atoms with van der Waals surface area (Å²) in [5, 5.41) is 6.12. The van der Waals surface area contributed by atoms with E-state index in [-0.39, 0.29) is 18.6 Å². The van der Waals surface area contributed by atoms with Gasteiger partial charge in [0.25, 0.3) is 0 Å². The average Bonchev–Trinajstić information content (AvgIpc) is 2.49. The molecule has 0 saturated heterocycles. The number of nitrogens with one attached hydrogen (secondary N) is 2. The molecule has 0 aromatic heterocycles. The Labute approximate surface area is 129 Å². The molecule has 4 N–H and O–H groups in total. The van der Waals surface area contributed by atoms with Crippen LogP contribution in [0.5, 0.6) is 0 Å². The molecule has 2 aromatic carbocycles. The van der Waals surface area contributed by atoms with Gasteiger partial charge < -0.3 is 11.1 Å². The summed E-state index contributed by atoms with van der Waals surface area (Å²) in [5.41, 5.74) is 7.77. The molecule has 1 aliphatic rings. The second-order valence-electron chi connectivity index (χ2n) is 4.39. The van der Waals surface area contributed by atoms with E-state index < -0.39 is 0 Å². The summed E-state index contributed by atoms with van der Waals surface area (Å²) in [7, 11) is 0. The van der Waals surface area contributed by atoms with Crippen molar-refractivity contribution in [3.05, 3.63) is 66.2 Å².